The van der Waals surface area contributed by atoms with Crippen LogP contribution in [0.15, 0.2) is 71.5 Å². The Morgan fingerprint density at radius 3 is 2.41 bits per heavy atom. The molecule has 1 unspecified atom stereocenters. The van der Waals surface area contributed by atoms with Crippen LogP contribution in [0, 0.1) is 13.8 Å². The lowest BCUT2D eigenvalue weighted by Crippen LogP contribution is -2.39. The molecule has 4 aromatic rings. The minimum Gasteiger partial charge on any atom is -0.328 e. The lowest BCUT2D eigenvalue weighted by Gasteiger charge is -2.33. The Labute approximate surface area is 223 Å². The third-order valence-corrected chi connectivity index (χ3v) is 7.31. The highest BCUT2D eigenvalue weighted by molar-refractivity contribution is 6.33. The molecular formula is C31H34ClN3O2. The fraction of sp³-hybridized carbons (Fsp3) is 0.323. The van der Waals surface area contributed by atoms with Gasteiger partial charge in [-0.2, -0.15) is 0 Å². The maximum atomic E-state index is 14.0. The molecule has 0 aliphatic heterocycles. The number of benzene rings is 3. The van der Waals surface area contributed by atoms with E-state index in [9.17, 15) is 9.59 Å². The predicted molar refractivity (Wildman–Crippen MR) is 152 cm³/mol. The van der Waals surface area contributed by atoms with Gasteiger partial charge in [-0.25, -0.2) is 4.98 Å². The molecule has 0 aliphatic carbocycles. The molecule has 1 aromatic heterocycles. The number of unbranched alkanes of at least 4 members (excludes halogenated alkanes) is 2. The molecule has 192 valence electrons. The molecule has 1 amide bonds. The summed E-state index contributed by atoms with van der Waals surface area (Å²) < 4.78 is 1.69. The summed E-state index contributed by atoms with van der Waals surface area (Å²) in [6, 6.07) is 20.1. The lowest BCUT2D eigenvalue weighted by atomic mass is 10.1. The smallest absolute Gasteiger partial charge is 0.266 e. The Bertz CT molecular complexity index is 1480. The zero-order valence-electron chi connectivity index (χ0n) is 22.0. The number of rotatable bonds is 9. The first-order chi connectivity index (χ1) is 17.9. The van der Waals surface area contributed by atoms with Crippen LogP contribution in [0.2, 0.25) is 5.02 Å². The van der Waals surface area contributed by atoms with Gasteiger partial charge in [-0.15, -0.1) is 0 Å². The van der Waals surface area contributed by atoms with Crippen LogP contribution < -0.4 is 5.56 Å². The van der Waals surface area contributed by atoms with Gasteiger partial charge in [0.1, 0.15) is 5.82 Å². The van der Waals surface area contributed by atoms with E-state index in [1.165, 1.54) is 0 Å². The Morgan fingerprint density at radius 2 is 1.70 bits per heavy atom. The summed E-state index contributed by atoms with van der Waals surface area (Å²) in [6.45, 7) is 8.80. The van der Waals surface area contributed by atoms with Crippen molar-refractivity contribution in [2.24, 2.45) is 0 Å². The number of halogens is 1. The van der Waals surface area contributed by atoms with E-state index in [2.05, 4.69) is 6.92 Å². The topological polar surface area (TPSA) is 55.2 Å². The van der Waals surface area contributed by atoms with Crippen LogP contribution >= 0.6 is 11.6 Å². The highest BCUT2D eigenvalue weighted by atomic mass is 35.5. The van der Waals surface area contributed by atoms with Gasteiger partial charge in [-0.3, -0.25) is 14.2 Å². The van der Waals surface area contributed by atoms with Gasteiger partial charge in [0.2, 0.25) is 0 Å². The van der Waals surface area contributed by atoms with Crippen molar-refractivity contribution in [1.82, 2.24) is 14.5 Å². The van der Waals surface area contributed by atoms with Gasteiger partial charge in [0.05, 0.1) is 33.2 Å². The van der Waals surface area contributed by atoms with Crippen molar-refractivity contribution in [1.29, 1.82) is 0 Å². The van der Waals surface area contributed by atoms with Crippen LogP contribution in [-0.2, 0) is 0 Å². The first-order valence-electron chi connectivity index (χ1n) is 13.0. The number of nitrogens with zero attached hydrogens (tertiary/aromatic N) is 3. The van der Waals surface area contributed by atoms with Gasteiger partial charge in [0.15, 0.2) is 0 Å². The van der Waals surface area contributed by atoms with Crippen LogP contribution in [-0.4, -0.2) is 26.9 Å². The number of amides is 1. The van der Waals surface area contributed by atoms with E-state index in [4.69, 9.17) is 16.6 Å². The number of aromatic nitrogens is 2. The second-order valence-corrected chi connectivity index (χ2v) is 9.91. The van der Waals surface area contributed by atoms with Crippen molar-refractivity contribution >= 4 is 28.4 Å². The maximum absolute atomic E-state index is 14.0. The zero-order valence-corrected chi connectivity index (χ0v) is 22.8. The number of hydrogen-bond acceptors (Lipinski definition) is 3. The average molecular weight is 516 g/mol. The number of fused-ring (bicyclic) bond motifs is 1. The molecule has 5 nitrogen and oxygen atoms in total. The number of carbonyl (C=O) groups is 1. The highest BCUT2D eigenvalue weighted by Crippen LogP contribution is 2.30. The lowest BCUT2D eigenvalue weighted by molar-refractivity contribution is 0.0655. The minimum absolute atomic E-state index is 0.138. The van der Waals surface area contributed by atoms with Gasteiger partial charge in [-0.1, -0.05) is 68.6 Å². The summed E-state index contributed by atoms with van der Waals surface area (Å²) in [5.74, 6) is 0.411. The normalized spacial score (nSPS) is 12.0. The van der Waals surface area contributed by atoms with Gasteiger partial charge < -0.3 is 4.90 Å². The second kappa shape index (κ2) is 11.7. The molecule has 37 heavy (non-hydrogen) atoms. The van der Waals surface area contributed by atoms with Crippen molar-refractivity contribution in [3.63, 3.8) is 0 Å². The fourth-order valence-corrected chi connectivity index (χ4v) is 4.97. The summed E-state index contributed by atoms with van der Waals surface area (Å²) in [4.78, 5) is 34.8. The molecule has 0 saturated carbocycles. The Hall–Kier alpha value is -3.44. The van der Waals surface area contributed by atoms with E-state index in [1.54, 1.807) is 22.8 Å². The first-order valence-corrected chi connectivity index (χ1v) is 13.4. The van der Waals surface area contributed by atoms with Gasteiger partial charge in [-0.05, 0) is 74.2 Å². The third-order valence-electron chi connectivity index (χ3n) is 6.98. The SMILES string of the molecule is CCCCCN(C(=O)c1ccccc1Cl)C(CC)c1nc2ccccc2c(=O)n1-c1ccc(C)c(C)c1. The standard InChI is InChI=1S/C31H34ClN3O2/c1-5-7-12-19-34(30(36)24-13-8-10-15-26(24)32)28(6-2)29-33-27-16-11-9-14-25(27)31(37)35(29)23-18-17-21(3)22(4)20-23/h8-11,13-18,20,28H,5-7,12,19H2,1-4H3. The van der Waals surface area contributed by atoms with E-state index >= 15 is 0 Å². The molecule has 0 fully saturated rings. The van der Waals surface area contributed by atoms with Crippen molar-refractivity contribution < 1.29 is 4.79 Å². The Morgan fingerprint density at radius 1 is 0.973 bits per heavy atom. The molecule has 3 aromatic carbocycles. The highest BCUT2D eigenvalue weighted by Gasteiger charge is 2.30. The largest absolute Gasteiger partial charge is 0.328 e. The summed E-state index contributed by atoms with van der Waals surface area (Å²) in [5, 5.41) is 0.968. The third kappa shape index (κ3) is 5.47. The van der Waals surface area contributed by atoms with Crippen molar-refractivity contribution in [2.45, 2.75) is 59.4 Å². The Kier molecular flexibility index (Phi) is 8.45. The van der Waals surface area contributed by atoms with E-state index in [-0.39, 0.29) is 11.5 Å². The molecule has 0 N–H and O–H groups in total. The van der Waals surface area contributed by atoms with Crippen molar-refractivity contribution in [3.05, 3.63) is 105 Å². The molecule has 0 aliphatic rings. The van der Waals surface area contributed by atoms with Crippen molar-refractivity contribution in [3.8, 4) is 5.69 Å². The van der Waals surface area contributed by atoms with Gasteiger partial charge in [0.25, 0.3) is 11.5 Å². The van der Waals surface area contributed by atoms with Crippen LogP contribution in [0.25, 0.3) is 16.6 Å². The zero-order chi connectivity index (χ0) is 26.5. The van der Waals surface area contributed by atoms with Crippen LogP contribution in [0.3, 0.4) is 0 Å². The van der Waals surface area contributed by atoms with Gasteiger partial charge in [0, 0.05) is 6.54 Å². The number of carbonyl (C=O) groups excluding carboxylic acids is 1. The molecule has 4 rings (SSSR count). The molecule has 1 atom stereocenters. The first kappa shape index (κ1) is 26.6. The van der Waals surface area contributed by atoms with Crippen molar-refractivity contribution in [2.75, 3.05) is 6.54 Å². The maximum Gasteiger partial charge on any atom is 0.266 e. The summed E-state index contributed by atoms with van der Waals surface area (Å²) in [6.07, 6.45) is 3.48. The minimum atomic E-state index is -0.417. The van der Waals surface area contributed by atoms with E-state index in [0.29, 0.717) is 40.3 Å². The number of aryl methyl sites for hydroxylation is 2. The van der Waals surface area contributed by atoms with Crippen LogP contribution in [0.4, 0.5) is 0 Å². The Balaban J connectivity index is 1.95. The monoisotopic (exact) mass is 515 g/mol. The number of para-hydroxylation sites is 1. The molecule has 6 heteroatoms. The van der Waals surface area contributed by atoms with E-state index < -0.39 is 6.04 Å². The van der Waals surface area contributed by atoms with Gasteiger partial charge >= 0.3 is 0 Å². The summed E-state index contributed by atoms with van der Waals surface area (Å²) >= 11 is 6.46. The molecule has 0 radical (unpaired) electrons. The quantitative estimate of drug-likeness (QED) is 0.218. The fourth-order valence-electron chi connectivity index (χ4n) is 4.75. The average Bonchev–Trinajstić information content (AvgIpc) is 2.90. The van der Waals surface area contributed by atoms with E-state index in [1.807, 2.05) is 74.2 Å². The predicted octanol–water partition coefficient (Wildman–Crippen LogP) is 7.44. The van der Waals surface area contributed by atoms with E-state index in [0.717, 1.165) is 36.1 Å². The molecule has 1 heterocycles. The molecule has 0 spiro atoms. The summed E-state index contributed by atoms with van der Waals surface area (Å²) in [5.41, 5.74) is 3.93. The second-order valence-electron chi connectivity index (χ2n) is 9.51. The summed E-state index contributed by atoms with van der Waals surface area (Å²) in [7, 11) is 0. The number of hydrogen-bond donors (Lipinski definition) is 0. The molecular weight excluding hydrogens is 482 g/mol. The van der Waals surface area contributed by atoms with Crippen LogP contribution in [0.5, 0.6) is 0 Å². The molecule has 0 bridgehead atoms. The van der Waals surface area contributed by atoms with Crippen LogP contribution in [0.1, 0.15) is 72.9 Å². The molecule has 0 saturated heterocycles.